The maximum absolute atomic E-state index is 11.5. The van der Waals surface area contributed by atoms with E-state index >= 15 is 0 Å². The van der Waals surface area contributed by atoms with Gasteiger partial charge in [0.15, 0.2) is 0 Å². The minimum Gasteiger partial charge on any atom is -0.467 e. The van der Waals surface area contributed by atoms with Gasteiger partial charge in [0, 0.05) is 19.7 Å². The van der Waals surface area contributed by atoms with E-state index in [0.717, 1.165) is 10.7 Å². The molecular weight excluding hydrogens is 254 g/mol. The number of carbonyl (C=O) groups excluding carboxylic acids is 2. The minimum absolute atomic E-state index is 0.257. The SMILES string of the molecule is COC(=O)C(CSc1cc(C)nn1C)NC(C)=O. The lowest BCUT2D eigenvalue weighted by atomic mass is 10.3. The first-order valence-electron chi connectivity index (χ1n) is 5.42. The number of hydrogen-bond acceptors (Lipinski definition) is 5. The Hall–Kier alpha value is -1.50. The number of hydrogen-bond donors (Lipinski definition) is 1. The van der Waals surface area contributed by atoms with Crippen LogP contribution in [0.15, 0.2) is 11.1 Å². The maximum Gasteiger partial charge on any atom is 0.329 e. The van der Waals surface area contributed by atoms with Gasteiger partial charge in [0.25, 0.3) is 0 Å². The van der Waals surface area contributed by atoms with Gasteiger partial charge >= 0.3 is 5.97 Å². The number of nitrogens with one attached hydrogen (secondary N) is 1. The number of nitrogens with zero attached hydrogens (tertiary/aromatic N) is 2. The molecule has 0 fully saturated rings. The van der Waals surface area contributed by atoms with Crippen molar-refractivity contribution in [3.8, 4) is 0 Å². The van der Waals surface area contributed by atoms with Gasteiger partial charge in [-0.1, -0.05) is 0 Å². The molecule has 0 saturated heterocycles. The fraction of sp³-hybridized carbons (Fsp3) is 0.545. The van der Waals surface area contributed by atoms with Crippen LogP contribution in [0.2, 0.25) is 0 Å². The summed E-state index contributed by atoms with van der Waals surface area (Å²) in [6.07, 6.45) is 0. The highest BCUT2D eigenvalue weighted by molar-refractivity contribution is 7.99. The molecule has 0 aliphatic rings. The zero-order valence-electron chi connectivity index (χ0n) is 10.9. The van der Waals surface area contributed by atoms with E-state index < -0.39 is 12.0 Å². The van der Waals surface area contributed by atoms with Gasteiger partial charge in [0.1, 0.15) is 6.04 Å². The second-order valence-electron chi connectivity index (χ2n) is 3.83. The van der Waals surface area contributed by atoms with Crippen molar-refractivity contribution in [2.45, 2.75) is 24.9 Å². The van der Waals surface area contributed by atoms with E-state index in [1.54, 1.807) is 4.68 Å². The number of carbonyl (C=O) groups is 2. The van der Waals surface area contributed by atoms with Crippen LogP contribution < -0.4 is 5.32 Å². The lowest BCUT2D eigenvalue weighted by Gasteiger charge is -2.14. The fourth-order valence-corrected chi connectivity index (χ4v) is 2.49. The average molecular weight is 271 g/mol. The number of amides is 1. The van der Waals surface area contributed by atoms with Crippen molar-refractivity contribution in [1.29, 1.82) is 0 Å². The summed E-state index contributed by atoms with van der Waals surface area (Å²) in [5.41, 5.74) is 0.911. The molecule has 1 aromatic heterocycles. The van der Waals surface area contributed by atoms with Gasteiger partial charge in [-0.3, -0.25) is 9.48 Å². The van der Waals surface area contributed by atoms with Crippen LogP contribution in [-0.4, -0.2) is 40.6 Å². The van der Waals surface area contributed by atoms with E-state index in [0.29, 0.717) is 5.75 Å². The van der Waals surface area contributed by atoms with E-state index in [9.17, 15) is 9.59 Å². The Morgan fingerprint density at radius 3 is 2.72 bits per heavy atom. The number of esters is 1. The standard InChI is InChI=1S/C11H17N3O3S/c1-7-5-10(14(3)13-7)18-6-9(11(16)17-4)12-8(2)15/h5,9H,6H2,1-4H3,(H,12,15). The summed E-state index contributed by atoms with van der Waals surface area (Å²) in [7, 11) is 3.14. The first-order chi connectivity index (χ1) is 8.43. The number of rotatable bonds is 5. The molecule has 7 heteroatoms. The number of aromatic nitrogens is 2. The van der Waals surface area contributed by atoms with E-state index in [-0.39, 0.29) is 5.91 Å². The van der Waals surface area contributed by atoms with Crippen molar-refractivity contribution < 1.29 is 14.3 Å². The molecule has 1 rings (SSSR count). The van der Waals surface area contributed by atoms with E-state index in [1.807, 2.05) is 20.0 Å². The predicted molar refractivity (Wildman–Crippen MR) is 68.3 cm³/mol. The lowest BCUT2D eigenvalue weighted by Crippen LogP contribution is -2.42. The average Bonchev–Trinajstić information content (AvgIpc) is 2.61. The summed E-state index contributed by atoms with van der Waals surface area (Å²) >= 11 is 1.45. The van der Waals surface area contributed by atoms with Gasteiger partial charge in [0.2, 0.25) is 5.91 Å². The Labute approximate surface area is 110 Å². The molecule has 18 heavy (non-hydrogen) atoms. The highest BCUT2D eigenvalue weighted by atomic mass is 32.2. The van der Waals surface area contributed by atoms with Crippen molar-refractivity contribution in [1.82, 2.24) is 15.1 Å². The van der Waals surface area contributed by atoms with Crippen molar-refractivity contribution >= 4 is 23.6 Å². The Morgan fingerprint density at radius 1 is 1.61 bits per heavy atom. The summed E-state index contributed by atoms with van der Waals surface area (Å²) in [6.45, 7) is 3.27. The molecule has 1 heterocycles. The molecule has 6 nitrogen and oxygen atoms in total. The Kier molecular flexibility index (Phi) is 5.21. The molecule has 0 aromatic carbocycles. The zero-order valence-corrected chi connectivity index (χ0v) is 11.7. The van der Waals surface area contributed by atoms with Crippen LogP contribution in [0.1, 0.15) is 12.6 Å². The molecule has 1 amide bonds. The Morgan fingerprint density at radius 2 is 2.28 bits per heavy atom. The molecule has 1 N–H and O–H groups in total. The van der Waals surface area contributed by atoms with Crippen LogP contribution in [-0.2, 0) is 21.4 Å². The summed E-state index contributed by atoms with van der Waals surface area (Å²) in [5.74, 6) is -0.297. The van der Waals surface area contributed by atoms with E-state index in [1.165, 1.54) is 25.8 Å². The van der Waals surface area contributed by atoms with Gasteiger partial charge in [-0.2, -0.15) is 5.10 Å². The van der Waals surface area contributed by atoms with Crippen molar-refractivity contribution in [3.05, 3.63) is 11.8 Å². The topological polar surface area (TPSA) is 73.2 Å². The molecule has 0 radical (unpaired) electrons. The first kappa shape index (κ1) is 14.6. The largest absolute Gasteiger partial charge is 0.467 e. The van der Waals surface area contributed by atoms with Crippen LogP contribution in [0.25, 0.3) is 0 Å². The molecule has 100 valence electrons. The summed E-state index contributed by atoms with van der Waals surface area (Å²) in [5, 5.41) is 7.71. The minimum atomic E-state index is -0.646. The fourth-order valence-electron chi connectivity index (χ4n) is 1.45. The molecule has 1 aromatic rings. The normalized spacial score (nSPS) is 12.0. The van der Waals surface area contributed by atoms with Gasteiger partial charge in [0.05, 0.1) is 17.8 Å². The molecule has 1 atom stereocenters. The third kappa shape index (κ3) is 4.06. The highest BCUT2D eigenvalue weighted by Crippen LogP contribution is 2.19. The molecule has 0 bridgehead atoms. The van der Waals surface area contributed by atoms with Crippen molar-refractivity contribution in [2.24, 2.45) is 7.05 Å². The molecule has 0 aliphatic carbocycles. The predicted octanol–water partition coefficient (Wildman–Crippen LogP) is 0.498. The molecule has 0 saturated carbocycles. The van der Waals surface area contributed by atoms with Gasteiger partial charge in [-0.15, -0.1) is 11.8 Å². The zero-order chi connectivity index (χ0) is 13.7. The van der Waals surface area contributed by atoms with E-state index in [2.05, 4.69) is 15.2 Å². The number of aryl methyl sites for hydroxylation is 2. The third-order valence-corrected chi connectivity index (χ3v) is 3.40. The quantitative estimate of drug-likeness (QED) is 0.623. The van der Waals surface area contributed by atoms with Gasteiger partial charge in [-0.25, -0.2) is 4.79 Å². The molecule has 1 unspecified atom stereocenters. The highest BCUT2D eigenvalue weighted by Gasteiger charge is 2.20. The van der Waals surface area contributed by atoms with Crippen molar-refractivity contribution in [2.75, 3.05) is 12.9 Å². The number of thioether (sulfide) groups is 1. The van der Waals surface area contributed by atoms with Crippen LogP contribution in [0.5, 0.6) is 0 Å². The van der Waals surface area contributed by atoms with Crippen LogP contribution in [0.3, 0.4) is 0 Å². The second kappa shape index (κ2) is 6.44. The second-order valence-corrected chi connectivity index (χ2v) is 4.88. The summed E-state index contributed by atoms with van der Waals surface area (Å²) in [4.78, 5) is 22.5. The number of methoxy groups -OCH3 is 1. The van der Waals surface area contributed by atoms with Crippen LogP contribution >= 0.6 is 11.8 Å². The Balaban J connectivity index is 2.64. The monoisotopic (exact) mass is 271 g/mol. The van der Waals surface area contributed by atoms with Crippen LogP contribution in [0.4, 0.5) is 0 Å². The van der Waals surface area contributed by atoms with Crippen LogP contribution in [0, 0.1) is 6.92 Å². The van der Waals surface area contributed by atoms with Gasteiger partial charge in [-0.05, 0) is 13.0 Å². The maximum atomic E-state index is 11.5. The smallest absolute Gasteiger partial charge is 0.329 e. The lowest BCUT2D eigenvalue weighted by molar-refractivity contribution is -0.144. The molecule has 0 aliphatic heterocycles. The summed E-state index contributed by atoms with van der Waals surface area (Å²) < 4.78 is 6.39. The third-order valence-electron chi connectivity index (χ3n) is 2.22. The van der Waals surface area contributed by atoms with Gasteiger partial charge < -0.3 is 10.1 Å². The molecular formula is C11H17N3O3S. The first-order valence-corrected chi connectivity index (χ1v) is 6.41. The Bertz CT molecular complexity index is 445. The molecule has 0 spiro atoms. The summed E-state index contributed by atoms with van der Waals surface area (Å²) in [6, 6.07) is 1.28. The van der Waals surface area contributed by atoms with Crippen molar-refractivity contribution in [3.63, 3.8) is 0 Å². The number of ether oxygens (including phenoxy) is 1. The van der Waals surface area contributed by atoms with E-state index in [4.69, 9.17) is 0 Å².